The summed E-state index contributed by atoms with van der Waals surface area (Å²) in [6, 6.07) is 10.0. The molecule has 3 rings (SSSR count). The Balaban J connectivity index is 1.66. The van der Waals surface area contributed by atoms with E-state index in [4.69, 9.17) is 5.11 Å². The zero-order chi connectivity index (χ0) is 15.5. The second-order valence-corrected chi connectivity index (χ2v) is 6.63. The monoisotopic (exact) mass is 301 g/mol. The fourth-order valence-electron chi connectivity index (χ4n) is 3.41. The van der Waals surface area contributed by atoms with E-state index in [1.807, 2.05) is 30.3 Å². The number of benzene rings is 1. The molecule has 0 radical (unpaired) electrons. The Kier molecular flexibility index (Phi) is 4.46. The smallest absolute Gasteiger partial charge is 0.307 e. The lowest BCUT2D eigenvalue weighted by Gasteiger charge is -2.35. The van der Waals surface area contributed by atoms with Gasteiger partial charge in [-0.15, -0.1) is 0 Å². The number of carboxylic acid groups (broad SMARTS) is 1. The van der Waals surface area contributed by atoms with Crippen LogP contribution in [0.4, 0.5) is 0 Å². The van der Waals surface area contributed by atoms with Crippen LogP contribution in [0, 0.1) is 17.8 Å². The van der Waals surface area contributed by atoms with Gasteiger partial charge < -0.3 is 10.4 Å². The maximum Gasteiger partial charge on any atom is 0.307 e. The molecule has 1 aromatic carbocycles. The largest absolute Gasteiger partial charge is 0.481 e. The summed E-state index contributed by atoms with van der Waals surface area (Å²) in [5.41, 5.74) is 1.12. The van der Waals surface area contributed by atoms with E-state index in [1.54, 1.807) is 0 Å². The van der Waals surface area contributed by atoms with E-state index in [0.717, 1.165) is 12.0 Å². The summed E-state index contributed by atoms with van der Waals surface area (Å²) < 4.78 is 0. The van der Waals surface area contributed by atoms with E-state index in [-0.39, 0.29) is 17.9 Å². The molecule has 4 heteroatoms. The van der Waals surface area contributed by atoms with Crippen LogP contribution in [0.1, 0.15) is 50.1 Å². The van der Waals surface area contributed by atoms with Crippen molar-refractivity contribution in [1.29, 1.82) is 0 Å². The molecular weight excluding hydrogens is 278 g/mol. The summed E-state index contributed by atoms with van der Waals surface area (Å²) in [4.78, 5) is 23.5. The van der Waals surface area contributed by atoms with Crippen LogP contribution in [-0.4, -0.2) is 17.0 Å². The molecular formula is C18H23NO3. The SMILES string of the molecule is O=C(O)C1CCC1C(=O)NC(CC1CCC1)c1ccccc1. The van der Waals surface area contributed by atoms with Crippen molar-refractivity contribution in [2.45, 2.75) is 44.6 Å². The third kappa shape index (κ3) is 3.16. The van der Waals surface area contributed by atoms with Crippen molar-refractivity contribution in [2.24, 2.45) is 17.8 Å². The first-order valence-electron chi connectivity index (χ1n) is 8.23. The maximum absolute atomic E-state index is 12.4. The number of hydrogen-bond acceptors (Lipinski definition) is 2. The van der Waals surface area contributed by atoms with Crippen molar-refractivity contribution in [1.82, 2.24) is 5.32 Å². The molecule has 118 valence electrons. The van der Waals surface area contributed by atoms with Gasteiger partial charge in [-0.2, -0.15) is 0 Å². The fraction of sp³-hybridized carbons (Fsp3) is 0.556. The van der Waals surface area contributed by atoms with Crippen LogP contribution in [0.5, 0.6) is 0 Å². The second kappa shape index (κ2) is 6.51. The zero-order valence-corrected chi connectivity index (χ0v) is 12.7. The van der Waals surface area contributed by atoms with Gasteiger partial charge in [-0.3, -0.25) is 9.59 Å². The molecule has 0 heterocycles. The summed E-state index contributed by atoms with van der Waals surface area (Å²) in [5.74, 6) is -1.11. The highest BCUT2D eigenvalue weighted by Crippen LogP contribution is 2.37. The molecule has 2 aliphatic carbocycles. The third-order valence-electron chi connectivity index (χ3n) is 5.24. The minimum atomic E-state index is -0.846. The highest BCUT2D eigenvalue weighted by molar-refractivity contribution is 5.86. The Morgan fingerprint density at radius 1 is 1.09 bits per heavy atom. The van der Waals surface area contributed by atoms with Crippen LogP contribution in [0.2, 0.25) is 0 Å². The van der Waals surface area contributed by atoms with E-state index < -0.39 is 11.9 Å². The quantitative estimate of drug-likeness (QED) is 0.848. The lowest BCUT2D eigenvalue weighted by molar-refractivity contribution is -0.153. The highest BCUT2D eigenvalue weighted by Gasteiger charge is 2.42. The molecule has 0 aliphatic heterocycles. The normalized spacial score (nSPS) is 25.6. The number of carbonyl (C=O) groups is 2. The molecule has 2 saturated carbocycles. The standard InChI is InChI=1S/C18H23NO3/c20-17(14-9-10-15(14)18(21)22)19-16(11-12-5-4-6-12)13-7-2-1-3-8-13/h1-3,7-8,12,14-16H,4-6,9-11H2,(H,19,20)(H,21,22). The molecule has 0 saturated heterocycles. The fourth-order valence-corrected chi connectivity index (χ4v) is 3.41. The average Bonchev–Trinajstić information content (AvgIpc) is 2.40. The van der Waals surface area contributed by atoms with Crippen molar-refractivity contribution in [3.05, 3.63) is 35.9 Å². The molecule has 0 bridgehead atoms. The number of hydrogen-bond donors (Lipinski definition) is 2. The number of amides is 1. The second-order valence-electron chi connectivity index (χ2n) is 6.63. The van der Waals surface area contributed by atoms with Gasteiger partial charge in [-0.05, 0) is 30.7 Å². The van der Waals surface area contributed by atoms with Crippen LogP contribution in [-0.2, 0) is 9.59 Å². The van der Waals surface area contributed by atoms with Crippen molar-refractivity contribution in [3.63, 3.8) is 0 Å². The van der Waals surface area contributed by atoms with Crippen LogP contribution in [0.3, 0.4) is 0 Å². The molecule has 1 amide bonds. The van der Waals surface area contributed by atoms with Gasteiger partial charge in [-0.1, -0.05) is 49.6 Å². The lowest BCUT2D eigenvalue weighted by atomic mass is 9.72. The van der Waals surface area contributed by atoms with E-state index >= 15 is 0 Å². The van der Waals surface area contributed by atoms with Crippen molar-refractivity contribution < 1.29 is 14.7 Å². The van der Waals surface area contributed by atoms with Gasteiger partial charge in [0.15, 0.2) is 0 Å². The van der Waals surface area contributed by atoms with E-state index in [2.05, 4.69) is 5.32 Å². The molecule has 3 atom stereocenters. The van der Waals surface area contributed by atoms with E-state index in [0.29, 0.717) is 18.8 Å². The summed E-state index contributed by atoms with van der Waals surface area (Å²) in [6.07, 6.45) is 6.02. The lowest BCUT2D eigenvalue weighted by Crippen LogP contribution is -2.45. The first-order chi connectivity index (χ1) is 10.6. The molecule has 0 spiro atoms. The predicted octanol–water partition coefficient (Wildman–Crippen LogP) is 3.14. The molecule has 2 aliphatic rings. The number of aliphatic carboxylic acids is 1. The number of carbonyl (C=O) groups excluding carboxylic acids is 1. The summed E-state index contributed by atoms with van der Waals surface area (Å²) >= 11 is 0. The average molecular weight is 301 g/mol. The third-order valence-corrected chi connectivity index (χ3v) is 5.24. The van der Waals surface area contributed by atoms with E-state index in [9.17, 15) is 9.59 Å². The minimum Gasteiger partial charge on any atom is -0.481 e. The molecule has 1 aromatic rings. The van der Waals surface area contributed by atoms with Crippen LogP contribution < -0.4 is 5.32 Å². The van der Waals surface area contributed by atoms with E-state index in [1.165, 1.54) is 19.3 Å². The molecule has 3 unspecified atom stereocenters. The Labute approximate surface area is 130 Å². The molecule has 2 N–H and O–H groups in total. The Morgan fingerprint density at radius 3 is 2.27 bits per heavy atom. The topological polar surface area (TPSA) is 66.4 Å². The molecule has 22 heavy (non-hydrogen) atoms. The number of carboxylic acids is 1. The van der Waals surface area contributed by atoms with Gasteiger partial charge in [0, 0.05) is 0 Å². The summed E-state index contributed by atoms with van der Waals surface area (Å²) in [6.45, 7) is 0. The van der Waals surface area contributed by atoms with Crippen LogP contribution in [0.25, 0.3) is 0 Å². The highest BCUT2D eigenvalue weighted by atomic mass is 16.4. The maximum atomic E-state index is 12.4. The van der Waals surface area contributed by atoms with Gasteiger partial charge in [0.05, 0.1) is 17.9 Å². The molecule has 4 nitrogen and oxygen atoms in total. The van der Waals surface area contributed by atoms with Crippen molar-refractivity contribution >= 4 is 11.9 Å². The Morgan fingerprint density at radius 2 is 1.77 bits per heavy atom. The minimum absolute atomic E-state index is 0.00837. The summed E-state index contributed by atoms with van der Waals surface area (Å²) in [7, 11) is 0. The van der Waals surface area contributed by atoms with Gasteiger partial charge >= 0.3 is 5.97 Å². The first-order valence-corrected chi connectivity index (χ1v) is 8.23. The van der Waals surface area contributed by atoms with Crippen LogP contribution in [0.15, 0.2) is 30.3 Å². The van der Waals surface area contributed by atoms with Crippen molar-refractivity contribution in [2.75, 3.05) is 0 Å². The summed E-state index contributed by atoms with van der Waals surface area (Å²) in [5, 5.41) is 12.2. The Hall–Kier alpha value is -1.84. The Bertz CT molecular complexity index is 539. The van der Waals surface area contributed by atoms with Gasteiger partial charge in [-0.25, -0.2) is 0 Å². The molecule has 0 aromatic heterocycles. The first kappa shape index (κ1) is 15.1. The number of rotatable bonds is 6. The van der Waals surface area contributed by atoms with Crippen molar-refractivity contribution in [3.8, 4) is 0 Å². The van der Waals surface area contributed by atoms with Gasteiger partial charge in [0.25, 0.3) is 0 Å². The number of nitrogens with one attached hydrogen (secondary N) is 1. The van der Waals surface area contributed by atoms with Crippen LogP contribution >= 0.6 is 0 Å². The predicted molar refractivity (Wildman–Crippen MR) is 83.1 cm³/mol. The van der Waals surface area contributed by atoms with Gasteiger partial charge in [0.2, 0.25) is 5.91 Å². The zero-order valence-electron chi connectivity index (χ0n) is 12.7. The molecule has 2 fully saturated rings. The van der Waals surface area contributed by atoms with Gasteiger partial charge in [0.1, 0.15) is 0 Å².